The second-order valence-corrected chi connectivity index (χ2v) is 10.2. The van der Waals surface area contributed by atoms with E-state index >= 15 is 0 Å². The maximum atomic E-state index is 11.9. The van der Waals surface area contributed by atoms with Crippen LogP contribution in [0.4, 0.5) is 4.79 Å². The van der Waals surface area contributed by atoms with Gasteiger partial charge in [0.2, 0.25) is 0 Å². The molecular formula is C22H30BrNO6. The molecule has 1 unspecified atom stereocenters. The zero-order valence-electron chi connectivity index (χ0n) is 18.1. The number of aromatic carboxylic acids is 1. The van der Waals surface area contributed by atoms with E-state index in [0.29, 0.717) is 34.0 Å². The number of hydrogen-bond acceptors (Lipinski definition) is 5. The minimum absolute atomic E-state index is 0.169. The van der Waals surface area contributed by atoms with Crippen molar-refractivity contribution in [3.8, 4) is 11.5 Å². The lowest BCUT2D eigenvalue weighted by molar-refractivity contribution is -0.123. The molecule has 1 amide bonds. The SMILES string of the molecule is Cc1c(C(=O)O)cc(Br)c2c1OC(C)([C@H]1CC[C@H](CNC(=O)OC(C)(C)C)CC1)O2. The Morgan fingerprint density at radius 3 is 2.40 bits per heavy atom. The van der Waals surface area contributed by atoms with Gasteiger partial charge in [0.05, 0.1) is 10.0 Å². The number of rotatable bonds is 4. The predicted octanol–water partition coefficient (Wildman–Crippen LogP) is 5.27. The third-order valence-corrected chi connectivity index (χ3v) is 6.39. The molecule has 3 rings (SSSR count). The van der Waals surface area contributed by atoms with Crippen molar-refractivity contribution in [3.05, 3.63) is 21.7 Å². The van der Waals surface area contributed by atoms with E-state index in [4.69, 9.17) is 14.2 Å². The van der Waals surface area contributed by atoms with Crippen LogP contribution in [-0.4, -0.2) is 35.1 Å². The summed E-state index contributed by atoms with van der Waals surface area (Å²) in [7, 11) is 0. The highest BCUT2D eigenvalue weighted by molar-refractivity contribution is 9.10. The number of carboxylic acid groups (broad SMARTS) is 1. The lowest BCUT2D eigenvalue weighted by atomic mass is 9.78. The van der Waals surface area contributed by atoms with Gasteiger partial charge in [-0.3, -0.25) is 0 Å². The van der Waals surface area contributed by atoms with Crippen LogP contribution in [-0.2, 0) is 4.74 Å². The molecule has 2 aliphatic rings. The monoisotopic (exact) mass is 483 g/mol. The third kappa shape index (κ3) is 4.85. The Bertz CT molecular complexity index is 841. The van der Waals surface area contributed by atoms with Crippen LogP contribution in [0.3, 0.4) is 0 Å². The van der Waals surface area contributed by atoms with Gasteiger partial charge in [-0.1, -0.05) is 0 Å². The van der Waals surface area contributed by atoms with E-state index < -0.39 is 17.4 Å². The first kappa shape index (κ1) is 22.7. The largest absolute Gasteiger partial charge is 0.478 e. The molecule has 2 N–H and O–H groups in total. The minimum Gasteiger partial charge on any atom is -0.478 e. The second-order valence-electron chi connectivity index (χ2n) is 9.31. The van der Waals surface area contributed by atoms with Crippen LogP contribution in [0.1, 0.15) is 69.3 Å². The molecule has 30 heavy (non-hydrogen) atoms. The number of nitrogens with one attached hydrogen (secondary N) is 1. The fourth-order valence-electron chi connectivity index (χ4n) is 4.17. The molecule has 0 aromatic heterocycles. The number of benzene rings is 1. The lowest BCUT2D eigenvalue weighted by Crippen LogP contribution is -2.45. The zero-order chi connectivity index (χ0) is 22.3. The molecule has 7 nitrogen and oxygen atoms in total. The van der Waals surface area contributed by atoms with Crippen molar-refractivity contribution < 1.29 is 28.9 Å². The van der Waals surface area contributed by atoms with Gasteiger partial charge in [-0.05, 0) is 81.3 Å². The van der Waals surface area contributed by atoms with Gasteiger partial charge in [-0.2, -0.15) is 0 Å². The Labute approximate surface area is 185 Å². The van der Waals surface area contributed by atoms with Crippen LogP contribution in [0.5, 0.6) is 11.5 Å². The van der Waals surface area contributed by atoms with Crippen molar-refractivity contribution in [1.82, 2.24) is 5.32 Å². The first-order chi connectivity index (χ1) is 13.9. The van der Waals surface area contributed by atoms with Gasteiger partial charge in [0, 0.05) is 24.9 Å². The summed E-state index contributed by atoms with van der Waals surface area (Å²) in [6, 6.07) is 1.56. The summed E-state index contributed by atoms with van der Waals surface area (Å²) in [5.41, 5.74) is 0.264. The molecule has 1 heterocycles. The first-order valence-electron chi connectivity index (χ1n) is 10.3. The molecule has 1 fully saturated rings. The molecule has 0 spiro atoms. The van der Waals surface area contributed by atoms with Crippen LogP contribution in [0, 0.1) is 18.8 Å². The second kappa shape index (κ2) is 8.29. The van der Waals surface area contributed by atoms with Gasteiger partial charge in [0.25, 0.3) is 5.79 Å². The molecule has 0 bridgehead atoms. The summed E-state index contributed by atoms with van der Waals surface area (Å²) in [4.78, 5) is 23.4. The summed E-state index contributed by atoms with van der Waals surface area (Å²) >= 11 is 3.42. The topological polar surface area (TPSA) is 94.1 Å². The highest BCUT2D eigenvalue weighted by Gasteiger charge is 2.47. The van der Waals surface area contributed by atoms with Crippen LogP contribution < -0.4 is 14.8 Å². The van der Waals surface area contributed by atoms with Crippen molar-refractivity contribution >= 4 is 28.0 Å². The summed E-state index contributed by atoms with van der Waals surface area (Å²) in [5.74, 6) is -0.218. The maximum absolute atomic E-state index is 11.9. The average Bonchev–Trinajstić information content (AvgIpc) is 3.02. The van der Waals surface area contributed by atoms with E-state index in [2.05, 4.69) is 21.2 Å². The molecular weight excluding hydrogens is 454 g/mol. The van der Waals surface area contributed by atoms with Gasteiger partial charge in [0.1, 0.15) is 5.60 Å². The zero-order valence-corrected chi connectivity index (χ0v) is 19.7. The van der Waals surface area contributed by atoms with E-state index in [-0.39, 0.29) is 17.6 Å². The van der Waals surface area contributed by atoms with E-state index in [0.717, 1.165) is 25.7 Å². The van der Waals surface area contributed by atoms with Gasteiger partial charge in [-0.15, -0.1) is 0 Å². The number of amides is 1. The van der Waals surface area contributed by atoms with Crippen molar-refractivity contribution in [1.29, 1.82) is 0 Å². The van der Waals surface area contributed by atoms with Crippen LogP contribution in [0.2, 0.25) is 0 Å². The summed E-state index contributed by atoms with van der Waals surface area (Å²) < 4.78 is 18.3. The Kier molecular flexibility index (Phi) is 6.28. The van der Waals surface area contributed by atoms with Crippen molar-refractivity contribution in [2.45, 2.75) is 71.7 Å². The number of fused-ring (bicyclic) bond motifs is 1. The summed E-state index contributed by atoms with van der Waals surface area (Å²) in [5, 5.41) is 12.3. The normalized spacial score (nSPS) is 25.7. The smallest absolute Gasteiger partial charge is 0.407 e. The molecule has 0 saturated heterocycles. The highest BCUT2D eigenvalue weighted by atomic mass is 79.9. The number of ether oxygens (including phenoxy) is 3. The molecule has 8 heteroatoms. The molecule has 1 aromatic rings. The number of carbonyl (C=O) groups excluding carboxylic acids is 1. The van der Waals surface area contributed by atoms with E-state index in [9.17, 15) is 14.7 Å². The Morgan fingerprint density at radius 2 is 1.83 bits per heavy atom. The molecule has 1 aliphatic heterocycles. The molecule has 1 aliphatic carbocycles. The van der Waals surface area contributed by atoms with Gasteiger partial charge < -0.3 is 24.6 Å². The van der Waals surface area contributed by atoms with Crippen LogP contribution in [0.15, 0.2) is 10.5 Å². The van der Waals surface area contributed by atoms with Gasteiger partial charge in [0.15, 0.2) is 11.5 Å². The first-order valence-corrected chi connectivity index (χ1v) is 11.1. The Morgan fingerprint density at radius 1 is 1.23 bits per heavy atom. The van der Waals surface area contributed by atoms with E-state index in [1.54, 1.807) is 13.0 Å². The van der Waals surface area contributed by atoms with Gasteiger partial charge >= 0.3 is 12.1 Å². The van der Waals surface area contributed by atoms with Crippen molar-refractivity contribution in [3.63, 3.8) is 0 Å². The van der Waals surface area contributed by atoms with Gasteiger partial charge in [-0.25, -0.2) is 9.59 Å². The summed E-state index contributed by atoms with van der Waals surface area (Å²) in [6.07, 6.45) is 3.30. The van der Waals surface area contributed by atoms with Crippen molar-refractivity contribution in [2.75, 3.05) is 6.54 Å². The standard InChI is InChI=1S/C22H30BrNO6/c1-12-15(19(25)26)10-16(23)18-17(12)28-22(5,29-18)14-8-6-13(7-9-14)11-24-20(27)30-21(2,3)4/h10,13-14H,6-9,11H2,1-5H3,(H,24,27)(H,25,26)/t13-,14-,22?. The lowest BCUT2D eigenvalue weighted by Gasteiger charge is -2.37. The fraction of sp³-hybridized carbons (Fsp3) is 0.636. The van der Waals surface area contributed by atoms with Crippen LogP contribution in [0.25, 0.3) is 0 Å². The van der Waals surface area contributed by atoms with E-state index in [1.165, 1.54) is 0 Å². The number of carbonyl (C=O) groups is 2. The maximum Gasteiger partial charge on any atom is 0.407 e. The van der Waals surface area contributed by atoms with E-state index in [1.807, 2.05) is 27.7 Å². The quantitative estimate of drug-likeness (QED) is 0.605. The number of halogens is 1. The van der Waals surface area contributed by atoms with Crippen LogP contribution >= 0.6 is 15.9 Å². The minimum atomic E-state index is -0.994. The summed E-state index contributed by atoms with van der Waals surface area (Å²) in [6.45, 7) is 9.78. The van der Waals surface area contributed by atoms with Crippen molar-refractivity contribution in [2.24, 2.45) is 11.8 Å². The Hall–Kier alpha value is -1.96. The number of alkyl carbamates (subject to hydrolysis) is 1. The number of carboxylic acids is 1. The predicted molar refractivity (Wildman–Crippen MR) is 115 cm³/mol. The molecule has 1 aromatic carbocycles. The third-order valence-electron chi connectivity index (χ3n) is 5.80. The number of hydrogen-bond donors (Lipinski definition) is 2. The fourth-order valence-corrected chi connectivity index (χ4v) is 4.66. The highest BCUT2D eigenvalue weighted by Crippen LogP contribution is 2.51. The molecule has 1 saturated carbocycles. The Balaban J connectivity index is 1.59. The molecule has 0 radical (unpaired) electrons. The molecule has 166 valence electrons. The average molecular weight is 484 g/mol. The molecule has 1 atom stereocenters.